The van der Waals surface area contributed by atoms with E-state index in [2.05, 4.69) is 29.6 Å². The summed E-state index contributed by atoms with van der Waals surface area (Å²) in [6, 6.07) is 16.4. The highest BCUT2D eigenvalue weighted by atomic mass is 16.5. The smallest absolute Gasteiger partial charge is 0.338 e. The summed E-state index contributed by atoms with van der Waals surface area (Å²) in [5, 5.41) is 3.65. The summed E-state index contributed by atoms with van der Waals surface area (Å²) in [5.41, 5.74) is 3.97. The van der Waals surface area contributed by atoms with Crippen molar-refractivity contribution in [2.75, 3.05) is 18.5 Å². The zero-order valence-electron chi connectivity index (χ0n) is 13.7. The lowest BCUT2D eigenvalue weighted by Gasteiger charge is -2.36. The molecule has 1 fully saturated rings. The van der Waals surface area contributed by atoms with Gasteiger partial charge in [-0.1, -0.05) is 30.3 Å². The van der Waals surface area contributed by atoms with Crippen molar-refractivity contribution in [1.29, 1.82) is 0 Å². The molecule has 2 aromatic carbocycles. The van der Waals surface area contributed by atoms with Gasteiger partial charge in [0.2, 0.25) is 0 Å². The van der Waals surface area contributed by atoms with E-state index in [0.717, 1.165) is 24.3 Å². The van der Waals surface area contributed by atoms with E-state index in [1.54, 1.807) is 0 Å². The highest BCUT2D eigenvalue weighted by Crippen LogP contribution is 2.49. The maximum Gasteiger partial charge on any atom is 0.338 e. The Kier molecular flexibility index (Phi) is 3.98. The Bertz CT molecular complexity index is 744. The van der Waals surface area contributed by atoms with Crippen LogP contribution >= 0.6 is 0 Å². The van der Waals surface area contributed by atoms with Crippen molar-refractivity contribution in [3.05, 3.63) is 65.2 Å². The molecular weight excluding hydrogens is 302 g/mol. The molecule has 3 atom stereocenters. The van der Waals surface area contributed by atoms with E-state index in [9.17, 15) is 4.79 Å². The SMILES string of the molecule is CCOC(=O)c1ccc2c(c1)C1OCCC1C(c1ccccc1)N2. The molecule has 124 valence electrons. The molecule has 4 rings (SSSR count). The molecule has 3 unspecified atom stereocenters. The highest BCUT2D eigenvalue weighted by molar-refractivity contribution is 5.90. The van der Waals surface area contributed by atoms with Gasteiger partial charge in [0.15, 0.2) is 0 Å². The van der Waals surface area contributed by atoms with Crippen LogP contribution < -0.4 is 5.32 Å². The molecule has 0 amide bonds. The van der Waals surface area contributed by atoms with Gasteiger partial charge in [-0.3, -0.25) is 0 Å². The second-order valence-electron chi connectivity index (χ2n) is 6.30. The van der Waals surface area contributed by atoms with Crippen molar-refractivity contribution < 1.29 is 14.3 Å². The number of ether oxygens (including phenoxy) is 2. The number of carbonyl (C=O) groups is 1. The fraction of sp³-hybridized carbons (Fsp3) is 0.350. The number of nitrogens with one attached hydrogen (secondary N) is 1. The summed E-state index contributed by atoms with van der Waals surface area (Å²) in [6.45, 7) is 2.95. The third-order valence-electron chi connectivity index (χ3n) is 4.90. The molecule has 0 aliphatic carbocycles. The standard InChI is InChI=1S/C20H21NO3/c1-2-23-20(22)14-8-9-17-16(12-14)19-15(10-11-24-19)18(21-17)13-6-4-3-5-7-13/h3-9,12,15,18-19,21H,2,10-11H2,1H3. The molecule has 4 nitrogen and oxygen atoms in total. The maximum absolute atomic E-state index is 12.0. The third-order valence-corrected chi connectivity index (χ3v) is 4.90. The van der Waals surface area contributed by atoms with Crippen LogP contribution in [0, 0.1) is 5.92 Å². The van der Waals surface area contributed by atoms with Gasteiger partial charge in [-0.15, -0.1) is 0 Å². The molecular formula is C20H21NO3. The van der Waals surface area contributed by atoms with E-state index in [-0.39, 0.29) is 18.1 Å². The minimum absolute atomic E-state index is 0.0285. The predicted molar refractivity (Wildman–Crippen MR) is 92.0 cm³/mol. The number of anilines is 1. The number of hydrogen-bond acceptors (Lipinski definition) is 4. The van der Waals surface area contributed by atoms with Crippen LogP contribution in [0.15, 0.2) is 48.5 Å². The normalized spacial score (nSPS) is 24.6. The van der Waals surface area contributed by atoms with Gasteiger partial charge in [0.1, 0.15) is 0 Å². The van der Waals surface area contributed by atoms with Crippen LogP contribution in [0.4, 0.5) is 5.69 Å². The molecule has 0 spiro atoms. The summed E-state index contributed by atoms with van der Waals surface area (Å²) in [6.07, 6.45) is 1.04. The molecule has 1 N–H and O–H groups in total. The first kappa shape index (κ1) is 15.2. The van der Waals surface area contributed by atoms with Gasteiger partial charge in [-0.25, -0.2) is 4.79 Å². The van der Waals surface area contributed by atoms with Crippen molar-refractivity contribution in [3.63, 3.8) is 0 Å². The lowest BCUT2D eigenvalue weighted by atomic mass is 9.80. The topological polar surface area (TPSA) is 47.6 Å². The minimum atomic E-state index is -0.278. The van der Waals surface area contributed by atoms with Gasteiger partial charge >= 0.3 is 5.97 Å². The van der Waals surface area contributed by atoms with E-state index < -0.39 is 0 Å². The Morgan fingerprint density at radius 2 is 2.08 bits per heavy atom. The van der Waals surface area contributed by atoms with Crippen LogP contribution in [-0.2, 0) is 9.47 Å². The summed E-state index contributed by atoms with van der Waals surface area (Å²) in [7, 11) is 0. The predicted octanol–water partition coefficient (Wildman–Crippen LogP) is 4.11. The summed E-state index contributed by atoms with van der Waals surface area (Å²) >= 11 is 0. The van der Waals surface area contributed by atoms with Crippen molar-refractivity contribution in [3.8, 4) is 0 Å². The molecule has 4 heteroatoms. The number of hydrogen-bond donors (Lipinski definition) is 1. The van der Waals surface area contributed by atoms with Crippen molar-refractivity contribution in [1.82, 2.24) is 0 Å². The first-order valence-corrected chi connectivity index (χ1v) is 8.52. The Hall–Kier alpha value is -2.33. The third kappa shape index (κ3) is 2.57. The highest BCUT2D eigenvalue weighted by Gasteiger charge is 2.41. The zero-order chi connectivity index (χ0) is 16.5. The van der Waals surface area contributed by atoms with Crippen LogP contribution in [0.1, 0.15) is 47.0 Å². The monoisotopic (exact) mass is 323 g/mol. The molecule has 2 aromatic rings. The van der Waals surface area contributed by atoms with Crippen LogP contribution in [0.25, 0.3) is 0 Å². The van der Waals surface area contributed by atoms with Gasteiger partial charge in [-0.2, -0.15) is 0 Å². The van der Waals surface area contributed by atoms with Gasteiger partial charge in [0.25, 0.3) is 0 Å². The number of rotatable bonds is 3. The number of esters is 1. The fourth-order valence-corrected chi connectivity index (χ4v) is 3.80. The number of benzene rings is 2. The fourth-order valence-electron chi connectivity index (χ4n) is 3.80. The Labute approximate surface area is 141 Å². The molecule has 2 heterocycles. The molecule has 0 radical (unpaired) electrons. The molecule has 1 saturated heterocycles. The Morgan fingerprint density at radius 3 is 2.88 bits per heavy atom. The first-order valence-electron chi connectivity index (χ1n) is 8.52. The quantitative estimate of drug-likeness (QED) is 0.864. The molecule has 24 heavy (non-hydrogen) atoms. The van der Waals surface area contributed by atoms with Gasteiger partial charge in [0, 0.05) is 23.8 Å². The van der Waals surface area contributed by atoms with Crippen LogP contribution in [0.2, 0.25) is 0 Å². The van der Waals surface area contributed by atoms with Crippen molar-refractivity contribution >= 4 is 11.7 Å². The van der Waals surface area contributed by atoms with Crippen LogP contribution in [0.3, 0.4) is 0 Å². The largest absolute Gasteiger partial charge is 0.462 e. The van der Waals surface area contributed by atoms with E-state index >= 15 is 0 Å². The molecule has 0 saturated carbocycles. The Balaban J connectivity index is 1.71. The molecule has 2 aliphatic rings. The first-order chi connectivity index (χ1) is 11.8. The maximum atomic E-state index is 12.0. The average molecular weight is 323 g/mol. The van der Waals surface area contributed by atoms with Gasteiger partial charge in [0.05, 0.1) is 24.3 Å². The van der Waals surface area contributed by atoms with Crippen LogP contribution in [-0.4, -0.2) is 19.2 Å². The number of fused-ring (bicyclic) bond motifs is 3. The molecule has 2 aliphatic heterocycles. The summed E-state index contributed by atoms with van der Waals surface area (Å²) < 4.78 is 11.2. The van der Waals surface area contributed by atoms with Crippen LogP contribution in [0.5, 0.6) is 0 Å². The molecule has 0 aromatic heterocycles. The van der Waals surface area contributed by atoms with Gasteiger partial charge in [-0.05, 0) is 37.1 Å². The second-order valence-corrected chi connectivity index (χ2v) is 6.30. The van der Waals surface area contributed by atoms with E-state index in [1.165, 1.54) is 5.56 Å². The lowest BCUT2D eigenvalue weighted by molar-refractivity contribution is 0.0525. The van der Waals surface area contributed by atoms with E-state index in [1.807, 2.05) is 31.2 Å². The lowest BCUT2D eigenvalue weighted by Crippen LogP contribution is -2.29. The zero-order valence-corrected chi connectivity index (χ0v) is 13.7. The molecule has 0 bridgehead atoms. The van der Waals surface area contributed by atoms with E-state index in [4.69, 9.17) is 9.47 Å². The van der Waals surface area contributed by atoms with Gasteiger partial charge < -0.3 is 14.8 Å². The summed E-state index contributed by atoms with van der Waals surface area (Å²) in [4.78, 5) is 12.0. The van der Waals surface area contributed by atoms with Crippen molar-refractivity contribution in [2.24, 2.45) is 5.92 Å². The second kappa shape index (κ2) is 6.29. The average Bonchev–Trinajstić information content (AvgIpc) is 3.11. The summed E-state index contributed by atoms with van der Waals surface area (Å²) in [5.74, 6) is 0.0948. The number of carbonyl (C=O) groups excluding carboxylic acids is 1. The Morgan fingerprint density at radius 1 is 1.25 bits per heavy atom. The van der Waals surface area contributed by atoms with E-state index in [0.29, 0.717) is 18.1 Å². The minimum Gasteiger partial charge on any atom is -0.462 e. The van der Waals surface area contributed by atoms with Crippen molar-refractivity contribution in [2.45, 2.75) is 25.5 Å².